The maximum Gasteiger partial charge on any atom is 0.158 e. The van der Waals surface area contributed by atoms with Crippen LogP contribution in [-0.4, -0.2) is 12.9 Å². The van der Waals surface area contributed by atoms with Crippen molar-refractivity contribution in [3.8, 4) is 17.6 Å². The van der Waals surface area contributed by atoms with E-state index in [1.54, 1.807) is 12.1 Å². The van der Waals surface area contributed by atoms with Gasteiger partial charge in [-0.2, -0.15) is 5.26 Å². The maximum absolute atomic E-state index is 12.6. The zero-order valence-corrected chi connectivity index (χ0v) is 15.7. The fourth-order valence-corrected chi connectivity index (χ4v) is 3.50. The molecule has 3 rings (SSSR count). The van der Waals surface area contributed by atoms with Gasteiger partial charge in [-0.3, -0.25) is 4.79 Å². The number of carbonyl (C=O) groups excluding carboxylic acids is 1. The van der Waals surface area contributed by atoms with Gasteiger partial charge in [0.25, 0.3) is 0 Å². The molecule has 0 aromatic heterocycles. The number of dihydropyridines is 1. The summed E-state index contributed by atoms with van der Waals surface area (Å²) in [6.07, 6.45) is 0. The van der Waals surface area contributed by atoms with Crippen molar-refractivity contribution in [3.63, 3.8) is 0 Å². The molecule has 0 aliphatic carbocycles. The molecule has 1 N–H and O–H groups in total. The zero-order valence-electron chi connectivity index (χ0n) is 14.8. The number of Topliss-reactive ketones (excluding diaryl/α,β-unsaturated/α-hetero) is 1. The minimum absolute atomic E-state index is 0.160. The van der Waals surface area contributed by atoms with Gasteiger partial charge in [-0.15, -0.1) is 12.6 Å². The monoisotopic (exact) mass is 377 g/mol. The van der Waals surface area contributed by atoms with Crippen molar-refractivity contribution >= 4 is 24.1 Å². The molecule has 1 atom stereocenters. The molecule has 27 heavy (non-hydrogen) atoms. The summed E-state index contributed by atoms with van der Waals surface area (Å²) in [6, 6.07) is 16.1. The molecule has 136 valence electrons. The van der Waals surface area contributed by atoms with E-state index < -0.39 is 5.92 Å². The van der Waals surface area contributed by atoms with Gasteiger partial charge >= 0.3 is 0 Å². The number of methoxy groups -OCH3 is 1. The first kappa shape index (κ1) is 18.6. The third-order valence-corrected chi connectivity index (χ3v) is 4.78. The van der Waals surface area contributed by atoms with E-state index in [0.29, 0.717) is 27.4 Å². The van der Waals surface area contributed by atoms with Gasteiger partial charge in [0.1, 0.15) is 5.75 Å². The summed E-state index contributed by atoms with van der Waals surface area (Å²) in [5.74, 6) is -0.926. The molecule has 6 heteroatoms. The fourth-order valence-electron chi connectivity index (χ4n) is 3.20. The highest BCUT2D eigenvalue weighted by Crippen LogP contribution is 2.43. The number of allylic oxidation sites excluding steroid dienone is 2. The highest BCUT2D eigenvalue weighted by atomic mass is 32.1. The number of thiol groups is 1. The first-order valence-electron chi connectivity index (χ1n) is 8.23. The fraction of sp³-hybridized carbons (Fsp3) is 0.143. The van der Waals surface area contributed by atoms with E-state index in [0.717, 1.165) is 5.56 Å². The Hall–Kier alpha value is -3.17. The molecule has 0 fully saturated rings. The average Bonchev–Trinajstić information content (AvgIpc) is 2.68. The molecule has 1 unspecified atom stereocenters. The van der Waals surface area contributed by atoms with Gasteiger partial charge in [0.15, 0.2) is 5.78 Å². The quantitative estimate of drug-likeness (QED) is 0.800. The van der Waals surface area contributed by atoms with Crippen LogP contribution < -0.4 is 15.2 Å². The summed E-state index contributed by atoms with van der Waals surface area (Å²) in [5.41, 5.74) is 2.78. The molecular formula is C21H17N2O3S-. The van der Waals surface area contributed by atoms with Crippen LogP contribution in [0.2, 0.25) is 0 Å². The largest absolute Gasteiger partial charge is 0.870 e. The number of nitrogens with zero attached hydrogens (tertiary/aromatic N) is 1. The molecule has 0 saturated heterocycles. The van der Waals surface area contributed by atoms with E-state index in [1.807, 2.05) is 30.3 Å². The van der Waals surface area contributed by atoms with E-state index >= 15 is 0 Å². The number of ketones is 1. The smallest absolute Gasteiger partial charge is 0.158 e. The minimum Gasteiger partial charge on any atom is -0.870 e. The Balaban J connectivity index is 2.29. The van der Waals surface area contributed by atoms with Crippen LogP contribution in [0.5, 0.6) is 11.5 Å². The SMILES string of the molecule is COc1cc(C2C(C#N)=C(S)NC(c3ccccc3)=C2C(C)=O)ccc1[O-]. The number of benzene rings is 2. The summed E-state index contributed by atoms with van der Waals surface area (Å²) < 4.78 is 5.13. The Kier molecular flexibility index (Phi) is 5.24. The van der Waals surface area contributed by atoms with Crippen LogP contribution in [0.3, 0.4) is 0 Å². The van der Waals surface area contributed by atoms with E-state index in [1.165, 1.54) is 20.1 Å². The number of hydrogen-bond donors (Lipinski definition) is 2. The Morgan fingerprint density at radius 2 is 1.96 bits per heavy atom. The van der Waals surface area contributed by atoms with Crippen molar-refractivity contribution in [1.82, 2.24) is 5.32 Å². The number of ether oxygens (including phenoxy) is 1. The second-order valence-electron chi connectivity index (χ2n) is 6.05. The number of carbonyl (C=O) groups is 1. The molecule has 0 saturated carbocycles. The van der Waals surface area contributed by atoms with Gasteiger partial charge in [0.05, 0.1) is 35.4 Å². The van der Waals surface area contributed by atoms with Crippen molar-refractivity contribution in [3.05, 3.63) is 75.8 Å². The van der Waals surface area contributed by atoms with E-state index in [9.17, 15) is 15.2 Å². The van der Waals surface area contributed by atoms with Crippen LogP contribution in [0.15, 0.2) is 64.7 Å². The number of nitriles is 1. The highest BCUT2D eigenvalue weighted by Gasteiger charge is 2.34. The predicted octanol–water partition coefficient (Wildman–Crippen LogP) is 3.12. The Bertz CT molecular complexity index is 1000. The molecular weight excluding hydrogens is 360 g/mol. The summed E-state index contributed by atoms with van der Waals surface area (Å²) >= 11 is 4.44. The summed E-state index contributed by atoms with van der Waals surface area (Å²) in [4.78, 5) is 12.6. The lowest BCUT2D eigenvalue weighted by molar-refractivity contribution is -0.270. The second kappa shape index (κ2) is 7.60. The van der Waals surface area contributed by atoms with Crippen LogP contribution >= 0.6 is 12.6 Å². The van der Waals surface area contributed by atoms with Crippen LogP contribution in [0.4, 0.5) is 0 Å². The standard InChI is InChI=1S/C21H18N2O3S/c1-12(24)18-19(14-8-9-16(25)17(10-14)26-2)15(11-22)21(27)23-20(18)13-6-4-3-5-7-13/h3-10,19,23,25,27H,1-2H3/p-1. The lowest BCUT2D eigenvalue weighted by atomic mass is 9.79. The molecule has 1 aliphatic heterocycles. The number of nitrogens with one attached hydrogen (secondary N) is 1. The van der Waals surface area contributed by atoms with E-state index in [-0.39, 0.29) is 17.3 Å². The second-order valence-corrected chi connectivity index (χ2v) is 6.50. The topological polar surface area (TPSA) is 85.2 Å². The van der Waals surface area contributed by atoms with Crippen LogP contribution in [0.25, 0.3) is 5.70 Å². The molecule has 1 heterocycles. The predicted molar refractivity (Wildman–Crippen MR) is 104 cm³/mol. The Labute approximate surface area is 163 Å². The first-order chi connectivity index (χ1) is 13.0. The maximum atomic E-state index is 12.6. The molecule has 2 aromatic rings. The van der Waals surface area contributed by atoms with Crippen molar-refractivity contribution in [2.45, 2.75) is 12.8 Å². The first-order valence-corrected chi connectivity index (χ1v) is 8.68. The lowest BCUT2D eigenvalue weighted by Crippen LogP contribution is -2.26. The molecule has 0 spiro atoms. The molecule has 0 radical (unpaired) electrons. The molecule has 0 amide bonds. The van der Waals surface area contributed by atoms with Gasteiger partial charge < -0.3 is 15.2 Å². The Morgan fingerprint density at radius 1 is 1.26 bits per heavy atom. The van der Waals surface area contributed by atoms with Crippen molar-refractivity contribution in [2.24, 2.45) is 0 Å². The van der Waals surface area contributed by atoms with Crippen LogP contribution in [-0.2, 0) is 4.79 Å². The lowest BCUT2D eigenvalue weighted by Gasteiger charge is -2.30. The highest BCUT2D eigenvalue weighted by molar-refractivity contribution is 7.84. The van der Waals surface area contributed by atoms with Crippen molar-refractivity contribution < 1.29 is 14.6 Å². The summed E-state index contributed by atoms with van der Waals surface area (Å²) in [5, 5.41) is 25.1. The van der Waals surface area contributed by atoms with Crippen molar-refractivity contribution in [2.75, 3.05) is 7.11 Å². The average molecular weight is 377 g/mol. The van der Waals surface area contributed by atoms with Gasteiger partial charge in [-0.1, -0.05) is 48.2 Å². The summed E-state index contributed by atoms with van der Waals surface area (Å²) in [6.45, 7) is 1.46. The van der Waals surface area contributed by atoms with Gasteiger partial charge in [0, 0.05) is 5.57 Å². The van der Waals surface area contributed by atoms with Gasteiger partial charge in [0.2, 0.25) is 0 Å². The van der Waals surface area contributed by atoms with Gasteiger partial charge in [-0.25, -0.2) is 0 Å². The third kappa shape index (κ3) is 3.42. The van der Waals surface area contributed by atoms with Crippen molar-refractivity contribution in [1.29, 1.82) is 5.26 Å². The van der Waals surface area contributed by atoms with E-state index in [4.69, 9.17) is 4.74 Å². The van der Waals surface area contributed by atoms with Gasteiger partial charge in [-0.05, 0) is 24.1 Å². The molecule has 1 aliphatic rings. The van der Waals surface area contributed by atoms with Crippen LogP contribution in [0, 0.1) is 11.3 Å². The molecule has 2 aromatic carbocycles. The molecule has 5 nitrogen and oxygen atoms in total. The zero-order chi connectivity index (χ0) is 19.6. The van der Waals surface area contributed by atoms with Crippen LogP contribution in [0.1, 0.15) is 24.0 Å². The minimum atomic E-state index is -0.647. The van der Waals surface area contributed by atoms with E-state index in [2.05, 4.69) is 24.0 Å². The third-order valence-electron chi connectivity index (χ3n) is 4.43. The molecule has 0 bridgehead atoms. The summed E-state index contributed by atoms with van der Waals surface area (Å²) in [7, 11) is 1.41. The number of rotatable bonds is 4. The Morgan fingerprint density at radius 3 is 2.56 bits per heavy atom. The normalized spacial score (nSPS) is 16.6. The number of hydrogen-bond acceptors (Lipinski definition) is 6.